The standard InChI is InChI=1S/C8H15N3O2/c1-3-11(4-2)6-5-7(12)9-10-8(6)13/h6H,3-5H2,1-2H3,(H,9,12)(H,10,13)/p+1/t6-/m1/s1. The quantitative estimate of drug-likeness (QED) is 0.470. The lowest BCUT2D eigenvalue weighted by molar-refractivity contribution is -0.912. The molecule has 0 unspecified atom stereocenters. The highest BCUT2D eigenvalue weighted by Gasteiger charge is 2.33. The molecule has 2 amide bonds. The largest absolute Gasteiger partial charge is 0.325 e. The Bertz CT molecular complexity index is 213. The molecular weight excluding hydrogens is 170 g/mol. The van der Waals surface area contributed by atoms with Crippen LogP contribution >= 0.6 is 0 Å². The summed E-state index contributed by atoms with van der Waals surface area (Å²) in [6, 6.07) is -0.219. The van der Waals surface area contributed by atoms with Crippen molar-refractivity contribution in [2.75, 3.05) is 13.1 Å². The molecule has 0 saturated carbocycles. The minimum atomic E-state index is -0.219. The fraction of sp³-hybridized carbons (Fsp3) is 0.750. The van der Waals surface area contributed by atoms with Crippen LogP contribution in [0.3, 0.4) is 0 Å². The van der Waals surface area contributed by atoms with Gasteiger partial charge in [0.25, 0.3) is 5.91 Å². The molecule has 0 aromatic rings. The van der Waals surface area contributed by atoms with Gasteiger partial charge in [0, 0.05) is 0 Å². The highest BCUT2D eigenvalue weighted by molar-refractivity contribution is 5.92. The van der Waals surface area contributed by atoms with Crippen LogP contribution in [0.5, 0.6) is 0 Å². The van der Waals surface area contributed by atoms with Gasteiger partial charge in [0.1, 0.15) is 0 Å². The van der Waals surface area contributed by atoms with Gasteiger partial charge >= 0.3 is 0 Å². The SMILES string of the molecule is CC[NH+](CC)[C@@H]1CC(=O)NNC1=O. The van der Waals surface area contributed by atoms with Crippen molar-refractivity contribution in [1.82, 2.24) is 10.9 Å². The Hall–Kier alpha value is -1.10. The van der Waals surface area contributed by atoms with Gasteiger partial charge in [0.2, 0.25) is 5.91 Å². The number of amides is 2. The zero-order chi connectivity index (χ0) is 9.84. The Labute approximate surface area is 77.4 Å². The van der Waals surface area contributed by atoms with Crippen LogP contribution < -0.4 is 15.8 Å². The van der Waals surface area contributed by atoms with Crippen LogP contribution in [-0.2, 0) is 9.59 Å². The maximum absolute atomic E-state index is 11.4. The molecule has 1 aliphatic heterocycles. The fourth-order valence-electron chi connectivity index (χ4n) is 1.62. The zero-order valence-electron chi connectivity index (χ0n) is 8.02. The summed E-state index contributed by atoms with van der Waals surface area (Å²) < 4.78 is 0. The first-order chi connectivity index (χ1) is 6.19. The number of carbonyl (C=O) groups is 2. The Morgan fingerprint density at radius 2 is 1.92 bits per heavy atom. The van der Waals surface area contributed by atoms with Crippen LogP contribution in [0.1, 0.15) is 20.3 Å². The molecular formula is C8H16N3O2+. The first-order valence-electron chi connectivity index (χ1n) is 4.62. The van der Waals surface area contributed by atoms with Crippen molar-refractivity contribution < 1.29 is 14.5 Å². The number of hydrogen-bond acceptors (Lipinski definition) is 2. The van der Waals surface area contributed by atoms with E-state index in [1.807, 2.05) is 13.8 Å². The van der Waals surface area contributed by atoms with Crippen LogP contribution in [0.4, 0.5) is 0 Å². The lowest BCUT2D eigenvalue weighted by atomic mass is 10.1. The molecule has 1 aliphatic rings. The summed E-state index contributed by atoms with van der Waals surface area (Å²) in [5, 5.41) is 0. The summed E-state index contributed by atoms with van der Waals surface area (Å²) in [5.74, 6) is -0.192. The molecule has 1 heterocycles. The minimum Gasteiger partial charge on any atom is -0.325 e. The monoisotopic (exact) mass is 186 g/mol. The van der Waals surface area contributed by atoms with Gasteiger partial charge in [0.05, 0.1) is 19.5 Å². The van der Waals surface area contributed by atoms with Crippen LogP contribution in [0.15, 0.2) is 0 Å². The fourth-order valence-corrected chi connectivity index (χ4v) is 1.62. The van der Waals surface area contributed by atoms with Gasteiger partial charge in [-0.3, -0.25) is 20.4 Å². The Morgan fingerprint density at radius 1 is 1.31 bits per heavy atom. The summed E-state index contributed by atoms with van der Waals surface area (Å²) in [5.41, 5.74) is 4.68. The molecule has 0 aromatic heterocycles. The van der Waals surface area contributed by atoms with Gasteiger partial charge in [-0.15, -0.1) is 0 Å². The maximum Gasteiger partial charge on any atom is 0.297 e. The van der Waals surface area contributed by atoms with Crippen molar-refractivity contribution in [1.29, 1.82) is 0 Å². The predicted molar refractivity (Wildman–Crippen MR) is 46.7 cm³/mol. The van der Waals surface area contributed by atoms with Crippen molar-refractivity contribution in [3.8, 4) is 0 Å². The van der Waals surface area contributed by atoms with Gasteiger partial charge < -0.3 is 4.90 Å². The Kier molecular flexibility index (Phi) is 3.25. The summed E-state index contributed by atoms with van der Waals surface area (Å²) in [6.07, 6.45) is 0.294. The van der Waals surface area contributed by atoms with Gasteiger partial charge in [-0.2, -0.15) is 0 Å². The third kappa shape index (κ3) is 2.18. The van der Waals surface area contributed by atoms with Crippen molar-refractivity contribution >= 4 is 11.8 Å². The van der Waals surface area contributed by atoms with E-state index in [4.69, 9.17) is 0 Å². The van der Waals surface area contributed by atoms with Crippen molar-refractivity contribution in [2.24, 2.45) is 0 Å². The maximum atomic E-state index is 11.4. The molecule has 3 N–H and O–H groups in total. The molecule has 5 nitrogen and oxygen atoms in total. The number of quaternary nitrogens is 1. The number of nitrogens with one attached hydrogen (secondary N) is 3. The summed E-state index contributed by atoms with van der Waals surface area (Å²) in [4.78, 5) is 23.5. The van der Waals surface area contributed by atoms with E-state index in [9.17, 15) is 9.59 Å². The normalized spacial score (nSPS) is 22.8. The molecule has 1 rings (SSSR count). The van der Waals surface area contributed by atoms with E-state index in [0.717, 1.165) is 18.0 Å². The lowest BCUT2D eigenvalue weighted by Crippen LogP contribution is -3.17. The third-order valence-corrected chi connectivity index (χ3v) is 2.43. The van der Waals surface area contributed by atoms with Gasteiger partial charge in [-0.05, 0) is 13.8 Å². The molecule has 0 radical (unpaired) electrons. The second-order valence-electron chi connectivity index (χ2n) is 3.16. The van der Waals surface area contributed by atoms with Crippen LogP contribution in [0.2, 0.25) is 0 Å². The molecule has 13 heavy (non-hydrogen) atoms. The average Bonchev–Trinajstić information content (AvgIpc) is 2.13. The zero-order valence-corrected chi connectivity index (χ0v) is 8.02. The van der Waals surface area contributed by atoms with E-state index in [-0.39, 0.29) is 17.9 Å². The third-order valence-electron chi connectivity index (χ3n) is 2.43. The molecule has 74 valence electrons. The van der Waals surface area contributed by atoms with Gasteiger partial charge in [-0.25, -0.2) is 0 Å². The van der Waals surface area contributed by atoms with Crippen LogP contribution in [0.25, 0.3) is 0 Å². The summed E-state index contributed by atoms with van der Waals surface area (Å²) >= 11 is 0. The number of rotatable bonds is 3. The van der Waals surface area contributed by atoms with Gasteiger partial charge in [0.15, 0.2) is 6.04 Å². The van der Waals surface area contributed by atoms with Crippen molar-refractivity contribution in [2.45, 2.75) is 26.3 Å². The Balaban J connectivity index is 2.63. The molecule has 5 heteroatoms. The molecule has 0 spiro atoms. The smallest absolute Gasteiger partial charge is 0.297 e. The average molecular weight is 186 g/mol. The second-order valence-corrected chi connectivity index (χ2v) is 3.16. The molecule has 1 fully saturated rings. The first-order valence-corrected chi connectivity index (χ1v) is 4.62. The summed E-state index contributed by atoms with van der Waals surface area (Å²) in [7, 11) is 0. The lowest BCUT2D eigenvalue weighted by Gasteiger charge is -2.28. The highest BCUT2D eigenvalue weighted by Crippen LogP contribution is 1.92. The predicted octanol–water partition coefficient (Wildman–Crippen LogP) is -2.17. The van der Waals surface area contributed by atoms with Gasteiger partial charge in [-0.1, -0.05) is 0 Å². The number of carbonyl (C=O) groups excluding carboxylic acids is 2. The molecule has 1 saturated heterocycles. The molecule has 1 atom stereocenters. The van der Waals surface area contributed by atoms with Crippen molar-refractivity contribution in [3.05, 3.63) is 0 Å². The van der Waals surface area contributed by atoms with E-state index in [0.29, 0.717) is 6.42 Å². The van der Waals surface area contributed by atoms with Crippen molar-refractivity contribution in [3.63, 3.8) is 0 Å². The topological polar surface area (TPSA) is 62.6 Å². The molecule has 0 bridgehead atoms. The number of hydrogen-bond donors (Lipinski definition) is 3. The minimum absolute atomic E-state index is 0.0849. The van der Waals surface area contributed by atoms with E-state index in [2.05, 4.69) is 10.9 Å². The van der Waals surface area contributed by atoms with E-state index in [1.54, 1.807) is 0 Å². The van der Waals surface area contributed by atoms with E-state index in [1.165, 1.54) is 0 Å². The second kappa shape index (κ2) is 4.23. The highest BCUT2D eigenvalue weighted by atomic mass is 16.2. The van der Waals surface area contributed by atoms with E-state index < -0.39 is 0 Å². The van der Waals surface area contributed by atoms with Crippen LogP contribution in [-0.4, -0.2) is 30.9 Å². The summed E-state index contributed by atoms with van der Waals surface area (Å²) in [6.45, 7) is 5.75. The molecule has 0 aliphatic carbocycles. The van der Waals surface area contributed by atoms with Crippen LogP contribution in [0, 0.1) is 0 Å². The Morgan fingerprint density at radius 3 is 2.46 bits per heavy atom. The first kappa shape index (κ1) is 9.98. The number of likely N-dealkylation sites (N-methyl/N-ethyl adjacent to an activating group) is 1. The van der Waals surface area contributed by atoms with E-state index >= 15 is 0 Å². The number of hydrazine groups is 1. The molecule has 0 aromatic carbocycles.